The van der Waals surface area contributed by atoms with Gasteiger partial charge in [0.15, 0.2) is 5.06 Å². The Morgan fingerprint density at radius 3 is 2.15 bits per heavy atom. The van der Waals surface area contributed by atoms with E-state index in [9.17, 15) is 10.2 Å². The van der Waals surface area contributed by atoms with Gasteiger partial charge in [-0.15, -0.1) is 0 Å². The summed E-state index contributed by atoms with van der Waals surface area (Å²) in [5.74, 6) is 0. The zero-order chi connectivity index (χ0) is 9.57. The first kappa shape index (κ1) is 14.1. The Kier molecular flexibility index (Phi) is 4.64. The van der Waals surface area contributed by atoms with Crippen molar-refractivity contribution in [3.63, 3.8) is 0 Å². The summed E-state index contributed by atoms with van der Waals surface area (Å²) >= 11 is 10.9. The SMILES string of the molecule is N[C@H]1COC(O)(Cl)[C@H](N)[C@]1(O)Cl.[Pt]. The van der Waals surface area contributed by atoms with Gasteiger partial charge in [-0.3, -0.25) is 0 Å². The van der Waals surface area contributed by atoms with Gasteiger partial charge in [0.1, 0.15) is 6.04 Å². The van der Waals surface area contributed by atoms with E-state index in [1.54, 1.807) is 0 Å². The van der Waals surface area contributed by atoms with Gasteiger partial charge < -0.3 is 26.4 Å². The number of aliphatic hydroxyl groups is 2. The molecule has 82 valence electrons. The van der Waals surface area contributed by atoms with Crippen molar-refractivity contribution >= 4 is 23.2 Å². The quantitative estimate of drug-likeness (QED) is 0.363. The second kappa shape index (κ2) is 4.29. The number of alkyl halides is 2. The van der Waals surface area contributed by atoms with Gasteiger partial charge in [-0.05, 0) is 0 Å². The van der Waals surface area contributed by atoms with Crippen LogP contribution in [0.4, 0.5) is 0 Å². The molecule has 0 amide bonds. The van der Waals surface area contributed by atoms with E-state index in [0.717, 1.165) is 0 Å². The van der Waals surface area contributed by atoms with Gasteiger partial charge in [0, 0.05) is 21.1 Å². The van der Waals surface area contributed by atoms with Gasteiger partial charge in [-0.25, -0.2) is 0 Å². The topological polar surface area (TPSA) is 102 Å². The van der Waals surface area contributed by atoms with Crippen LogP contribution >= 0.6 is 23.2 Å². The molecule has 1 aliphatic heterocycles. The fourth-order valence-corrected chi connectivity index (χ4v) is 1.39. The molecular weight excluding hydrogens is 402 g/mol. The van der Waals surface area contributed by atoms with Crippen molar-refractivity contribution in [1.82, 2.24) is 0 Å². The summed E-state index contributed by atoms with van der Waals surface area (Å²) in [7, 11) is 0. The molecule has 6 N–H and O–H groups in total. The zero-order valence-electron chi connectivity index (χ0n) is 6.39. The molecule has 0 radical (unpaired) electrons. The summed E-state index contributed by atoms with van der Waals surface area (Å²) in [6, 6.07) is -2.25. The zero-order valence-corrected chi connectivity index (χ0v) is 10.2. The maximum Gasteiger partial charge on any atom is 0.266 e. The van der Waals surface area contributed by atoms with Crippen LogP contribution in [0, 0.1) is 0 Å². The van der Waals surface area contributed by atoms with Crippen molar-refractivity contribution in [3.05, 3.63) is 0 Å². The van der Waals surface area contributed by atoms with Crippen molar-refractivity contribution in [1.29, 1.82) is 0 Å². The van der Waals surface area contributed by atoms with Crippen molar-refractivity contribution < 1.29 is 36.0 Å². The van der Waals surface area contributed by atoms with E-state index in [1.807, 2.05) is 0 Å². The smallest absolute Gasteiger partial charge is 0.266 e. The molecule has 1 rings (SSSR count). The molecule has 13 heavy (non-hydrogen) atoms. The van der Waals surface area contributed by atoms with Gasteiger partial charge in [0.25, 0.3) is 5.25 Å². The average molecular weight is 412 g/mol. The second-order valence-corrected chi connectivity index (χ2v) is 3.88. The van der Waals surface area contributed by atoms with Gasteiger partial charge in [0.05, 0.1) is 12.6 Å². The van der Waals surface area contributed by atoms with E-state index < -0.39 is 22.4 Å². The monoisotopic (exact) mass is 411 g/mol. The van der Waals surface area contributed by atoms with Crippen molar-refractivity contribution in [2.24, 2.45) is 11.5 Å². The molecular formula is C5H10Cl2N2O3Pt. The van der Waals surface area contributed by atoms with E-state index in [-0.39, 0.29) is 27.7 Å². The molecule has 8 heteroatoms. The molecule has 4 atom stereocenters. The van der Waals surface area contributed by atoms with Crippen LogP contribution in [0.1, 0.15) is 0 Å². The van der Waals surface area contributed by atoms with Gasteiger partial charge in [-0.1, -0.05) is 23.2 Å². The Morgan fingerprint density at radius 1 is 1.31 bits per heavy atom. The summed E-state index contributed by atoms with van der Waals surface area (Å²) < 4.78 is 4.65. The van der Waals surface area contributed by atoms with E-state index in [0.29, 0.717) is 0 Å². The van der Waals surface area contributed by atoms with Crippen LogP contribution in [0.25, 0.3) is 0 Å². The number of hydrogen-bond acceptors (Lipinski definition) is 5. The van der Waals surface area contributed by atoms with Crippen LogP contribution in [-0.2, 0) is 25.8 Å². The summed E-state index contributed by atoms with van der Waals surface area (Å²) in [5.41, 5.74) is 10.7. The summed E-state index contributed by atoms with van der Waals surface area (Å²) in [4.78, 5) is 0. The molecule has 0 bridgehead atoms. The van der Waals surface area contributed by atoms with Crippen LogP contribution in [0.3, 0.4) is 0 Å². The summed E-state index contributed by atoms with van der Waals surface area (Å²) in [6.07, 6.45) is 0. The van der Waals surface area contributed by atoms with Crippen molar-refractivity contribution in [2.75, 3.05) is 6.61 Å². The summed E-state index contributed by atoms with van der Waals surface area (Å²) in [6.45, 7) is -0.159. The third-order valence-corrected chi connectivity index (χ3v) is 2.66. The molecule has 1 saturated heterocycles. The minimum atomic E-state index is -2.16. The first-order valence-corrected chi connectivity index (χ1v) is 4.01. The molecule has 1 unspecified atom stereocenters. The predicted molar refractivity (Wildman–Crippen MR) is 43.5 cm³/mol. The third-order valence-electron chi connectivity index (χ3n) is 1.81. The normalized spacial score (nSPS) is 51.2. The number of rotatable bonds is 0. The van der Waals surface area contributed by atoms with Gasteiger partial charge in [-0.2, -0.15) is 0 Å². The first-order chi connectivity index (χ1) is 5.28. The molecule has 1 fully saturated rings. The van der Waals surface area contributed by atoms with Crippen LogP contribution in [0.15, 0.2) is 0 Å². The minimum absolute atomic E-state index is 0. The second-order valence-electron chi connectivity index (χ2n) is 2.73. The standard InChI is InChI=1S/C5H10Cl2N2O3.Pt/c6-4(10)2(8)1-12-5(7,11)3(4)9;/h2-3,10-11H,1,8-9H2;/t2-,3+,4-,5?;/m0./s1. The molecule has 0 spiro atoms. The third kappa shape index (κ3) is 2.55. The molecule has 5 nitrogen and oxygen atoms in total. The molecule has 0 aromatic heterocycles. The molecule has 1 aliphatic rings. The van der Waals surface area contributed by atoms with Crippen LogP contribution in [0.2, 0.25) is 0 Å². The molecule has 0 aliphatic carbocycles. The first-order valence-electron chi connectivity index (χ1n) is 3.26. The molecule has 0 aromatic carbocycles. The maximum absolute atomic E-state index is 9.44. The van der Waals surface area contributed by atoms with E-state index in [1.165, 1.54) is 0 Å². The van der Waals surface area contributed by atoms with E-state index in [2.05, 4.69) is 4.74 Å². The van der Waals surface area contributed by atoms with E-state index >= 15 is 0 Å². The van der Waals surface area contributed by atoms with Crippen LogP contribution in [0.5, 0.6) is 0 Å². The maximum atomic E-state index is 9.44. The number of hydrogen-bond donors (Lipinski definition) is 4. The predicted octanol–water partition coefficient (Wildman–Crippen LogP) is -1.52. The largest absolute Gasteiger partial charge is 0.372 e. The molecule has 0 saturated carbocycles. The number of ether oxygens (including phenoxy) is 1. The van der Waals surface area contributed by atoms with Crippen LogP contribution in [-0.4, -0.2) is 39.2 Å². The Balaban J connectivity index is 0.00000144. The van der Waals surface area contributed by atoms with Crippen molar-refractivity contribution in [2.45, 2.75) is 22.4 Å². The molecule has 1 heterocycles. The number of halogens is 2. The fourth-order valence-electron chi connectivity index (χ4n) is 0.894. The van der Waals surface area contributed by atoms with Gasteiger partial charge in [0.2, 0.25) is 0 Å². The molecule has 0 aromatic rings. The van der Waals surface area contributed by atoms with Crippen molar-refractivity contribution in [3.8, 4) is 0 Å². The number of nitrogens with two attached hydrogens (primary N) is 2. The Hall–Kier alpha value is 1.07. The Bertz CT molecular complexity index is 193. The summed E-state index contributed by atoms with van der Waals surface area (Å²) in [5, 5.41) is 14.5. The van der Waals surface area contributed by atoms with Gasteiger partial charge >= 0.3 is 0 Å². The minimum Gasteiger partial charge on any atom is -0.372 e. The van der Waals surface area contributed by atoms with E-state index in [4.69, 9.17) is 34.7 Å². The average Bonchev–Trinajstić information content (AvgIpc) is 1.96. The fraction of sp³-hybridized carbons (Fsp3) is 1.00. The Morgan fingerprint density at radius 2 is 1.77 bits per heavy atom. The Labute approximate surface area is 99.6 Å². The van der Waals surface area contributed by atoms with Crippen LogP contribution < -0.4 is 11.5 Å².